The fourth-order valence-electron chi connectivity index (χ4n) is 3.34. The quantitative estimate of drug-likeness (QED) is 0.538. The first-order chi connectivity index (χ1) is 11.5. The molecule has 3 nitrogen and oxygen atoms in total. The summed E-state index contributed by atoms with van der Waals surface area (Å²) in [6, 6.07) is 8.83. The Morgan fingerprint density at radius 1 is 1.17 bits per heavy atom. The molecule has 24 heavy (non-hydrogen) atoms. The molecule has 1 aliphatic rings. The molecule has 0 atom stereocenters. The van der Waals surface area contributed by atoms with Gasteiger partial charge in [0.2, 0.25) is 5.28 Å². The third-order valence-electron chi connectivity index (χ3n) is 4.41. The predicted octanol–water partition coefficient (Wildman–Crippen LogP) is 5.47. The summed E-state index contributed by atoms with van der Waals surface area (Å²) in [5.74, 6) is 0.180. The van der Waals surface area contributed by atoms with Crippen LogP contribution in [0.5, 0.6) is 0 Å². The predicted molar refractivity (Wildman–Crippen MR) is 96.0 cm³/mol. The summed E-state index contributed by atoms with van der Waals surface area (Å²) in [4.78, 5) is 10.6. The van der Waals surface area contributed by atoms with Crippen molar-refractivity contribution >= 4 is 45.6 Å². The van der Waals surface area contributed by atoms with E-state index in [1.165, 1.54) is 23.3 Å². The summed E-state index contributed by atoms with van der Waals surface area (Å²) in [5.41, 5.74) is 4.07. The number of benzene rings is 2. The van der Waals surface area contributed by atoms with E-state index in [-0.39, 0.29) is 10.3 Å². The fraction of sp³-hybridized carbons (Fsp3) is 0.222. The summed E-state index contributed by atoms with van der Waals surface area (Å²) >= 11 is 12.3. The Balaban J connectivity index is 2.00. The molecular formula is C18H14Cl2FN3. The van der Waals surface area contributed by atoms with E-state index in [2.05, 4.69) is 33.9 Å². The van der Waals surface area contributed by atoms with Crippen LogP contribution in [0.3, 0.4) is 0 Å². The molecule has 0 unspecified atom stereocenters. The number of fused-ring (bicyclic) bond motifs is 2. The van der Waals surface area contributed by atoms with Crippen LogP contribution in [0.15, 0.2) is 30.3 Å². The van der Waals surface area contributed by atoms with Gasteiger partial charge in [-0.05, 0) is 60.7 Å². The van der Waals surface area contributed by atoms with Crippen molar-refractivity contribution in [1.29, 1.82) is 0 Å². The van der Waals surface area contributed by atoms with Crippen molar-refractivity contribution < 1.29 is 4.39 Å². The van der Waals surface area contributed by atoms with Crippen LogP contribution in [0.2, 0.25) is 10.3 Å². The third-order valence-corrected chi connectivity index (χ3v) is 4.87. The van der Waals surface area contributed by atoms with Crippen LogP contribution in [0.4, 0.5) is 15.9 Å². The van der Waals surface area contributed by atoms with Gasteiger partial charge in [-0.2, -0.15) is 4.98 Å². The van der Waals surface area contributed by atoms with Crippen molar-refractivity contribution in [1.82, 2.24) is 9.97 Å². The first kappa shape index (κ1) is 15.6. The largest absolute Gasteiger partial charge is 0.325 e. The zero-order valence-electron chi connectivity index (χ0n) is 13.0. The lowest BCUT2D eigenvalue weighted by molar-refractivity contribution is 0.629. The minimum absolute atomic E-state index is 0.103. The monoisotopic (exact) mass is 361 g/mol. The third kappa shape index (κ3) is 2.50. The van der Waals surface area contributed by atoms with E-state index in [4.69, 9.17) is 23.2 Å². The van der Waals surface area contributed by atoms with Gasteiger partial charge in [0.1, 0.15) is 11.6 Å². The molecule has 0 aliphatic carbocycles. The van der Waals surface area contributed by atoms with Crippen LogP contribution in [-0.2, 0) is 6.42 Å². The number of hydrogen-bond donors (Lipinski definition) is 0. The van der Waals surface area contributed by atoms with E-state index in [0.717, 1.165) is 25.1 Å². The van der Waals surface area contributed by atoms with Crippen LogP contribution in [0.1, 0.15) is 17.5 Å². The van der Waals surface area contributed by atoms with Crippen molar-refractivity contribution in [2.75, 3.05) is 11.4 Å². The van der Waals surface area contributed by atoms with Crippen LogP contribution in [-0.4, -0.2) is 16.5 Å². The zero-order chi connectivity index (χ0) is 16.8. The Morgan fingerprint density at radius 2 is 2.00 bits per heavy atom. The molecule has 0 bridgehead atoms. The van der Waals surface area contributed by atoms with Crippen LogP contribution < -0.4 is 4.90 Å². The highest BCUT2D eigenvalue weighted by Crippen LogP contribution is 2.39. The highest BCUT2D eigenvalue weighted by atomic mass is 35.5. The van der Waals surface area contributed by atoms with Crippen molar-refractivity contribution in [2.45, 2.75) is 19.8 Å². The summed E-state index contributed by atoms with van der Waals surface area (Å²) < 4.78 is 13.9. The zero-order valence-corrected chi connectivity index (χ0v) is 14.5. The lowest BCUT2D eigenvalue weighted by Gasteiger charge is -2.32. The Labute approximate surface area is 149 Å². The average Bonchev–Trinajstić information content (AvgIpc) is 2.55. The van der Waals surface area contributed by atoms with Crippen molar-refractivity contribution in [3.05, 3.63) is 57.6 Å². The molecule has 1 aliphatic heterocycles. The minimum atomic E-state index is -0.416. The van der Waals surface area contributed by atoms with Gasteiger partial charge in [0.15, 0.2) is 0 Å². The number of aromatic nitrogens is 2. The number of aryl methyl sites for hydroxylation is 1. The Kier molecular flexibility index (Phi) is 3.82. The molecule has 2 aromatic carbocycles. The second-order valence-electron chi connectivity index (χ2n) is 5.93. The van der Waals surface area contributed by atoms with Gasteiger partial charge in [0.25, 0.3) is 0 Å². The molecule has 2 heterocycles. The number of rotatable bonds is 1. The van der Waals surface area contributed by atoms with Gasteiger partial charge >= 0.3 is 0 Å². The molecule has 122 valence electrons. The summed E-state index contributed by atoms with van der Waals surface area (Å²) in [5, 5.41) is 0.904. The topological polar surface area (TPSA) is 29.0 Å². The highest BCUT2D eigenvalue weighted by molar-refractivity contribution is 6.36. The second-order valence-corrected chi connectivity index (χ2v) is 6.67. The first-order valence-electron chi connectivity index (χ1n) is 7.73. The Morgan fingerprint density at radius 3 is 2.83 bits per heavy atom. The van der Waals surface area contributed by atoms with Crippen molar-refractivity contribution in [3.8, 4) is 0 Å². The van der Waals surface area contributed by atoms with Gasteiger partial charge in [0, 0.05) is 17.6 Å². The Bertz CT molecular complexity index is 959. The maximum absolute atomic E-state index is 13.9. The van der Waals surface area contributed by atoms with Gasteiger partial charge in [0.05, 0.1) is 10.5 Å². The molecule has 0 saturated heterocycles. The number of anilines is 2. The first-order valence-corrected chi connectivity index (χ1v) is 8.48. The molecular weight excluding hydrogens is 348 g/mol. The SMILES string of the molecule is Cc1cccc2c1CCCN2c1nc(Cl)nc2c(Cl)cc(F)cc12. The number of nitrogens with zero attached hydrogens (tertiary/aromatic N) is 3. The van der Waals surface area contributed by atoms with Gasteiger partial charge in [-0.15, -0.1) is 0 Å². The molecule has 0 spiro atoms. The van der Waals surface area contributed by atoms with Crippen molar-refractivity contribution in [2.24, 2.45) is 0 Å². The van der Waals surface area contributed by atoms with Crippen LogP contribution in [0.25, 0.3) is 10.9 Å². The Hall–Kier alpha value is -1.91. The van der Waals surface area contributed by atoms with Crippen molar-refractivity contribution in [3.63, 3.8) is 0 Å². The van der Waals surface area contributed by atoms with Gasteiger partial charge in [-0.25, -0.2) is 9.37 Å². The number of hydrogen-bond acceptors (Lipinski definition) is 3. The average molecular weight is 362 g/mol. The maximum atomic E-state index is 13.9. The molecule has 0 radical (unpaired) electrons. The smallest absolute Gasteiger partial charge is 0.224 e. The number of halogens is 3. The standard InChI is InChI=1S/C18H14Cl2FN3/c1-10-4-2-6-15-12(10)5-3-7-24(15)17-13-8-11(21)9-14(19)16(13)22-18(20)23-17/h2,4,6,8-9H,3,5,7H2,1H3. The van der Waals surface area contributed by atoms with E-state index < -0.39 is 5.82 Å². The lowest BCUT2D eigenvalue weighted by atomic mass is 9.97. The van der Waals surface area contributed by atoms with Gasteiger partial charge in [-0.3, -0.25) is 0 Å². The minimum Gasteiger partial charge on any atom is -0.325 e. The molecule has 0 amide bonds. The van der Waals surface area contributed by atoms with E-state index in [1.807, 2.05) is 6.07 Å². The highest BCUT2D eigenvalue weighted by Gasteiger charge is 2.23. The molecule has 4 rings (SSSR count). The summed E-state index contributed by atoms with van der Waals surface area (Å²) in [7, 11) is 0. The van der Waals surface area contributed by atoms with Crippen LogP contribution >= 0.6 is 23.2 Å². The van der Waals surface area contributed by atoms with Gasteiger partial charge < -0.3 is 4.90 Å². The molecule has 0 N–H and O–H groups in total. The molecule has 1 aromatic heterocycles. The van der Waals surface area contributed by atoms with E-state index >= 15 is 0 Å². The second kappa shape index (κ2) is 5.87. The van der Waals surface area contributed by atoms with E-state index in [9.17, 15) is 4.39 Å². The summed E-state index contributed by atoms with van der Waals surface area (Å²) in [6.45, 7) is 2.89. The lowest BCUT2D eigenvalue weighted by Crippen LogP contribution is -2.26. The molecule has 0 fully saturated rings. The van der Waals surface area contributed by atoms with Crippen LogP contribution in [0, 0.1) is 12.7 Å². The van der Waals surface area contributed by atoms with E-state index in [1.54, 1.807) is 0 Å². The molecule has 3 aromatic rings. The maximum Gasteiger partial charge on any atom is 0.224 e. The van der Waals surface area contributed by atoms with E-state index in [0.29, 0.717) is 16.7 Å². The van der Waals surface area contributed by atoms with Gasteiger partial charge in [-0.1, -0.05) is 23.7 Å². The fourth-order valence-corrected chi connectivity index (χ4v) is 3.75. The summed E-state index contributed by atoms with van der Waals surface area (Å²) in [6.07, 6.45) is 2.01. The normalized spacial score (nSPS) is 14.1. The molecule has 6 heteroatoms. The molecule has 0 saturated carbocycles.